The number of hydrogen-bond acceptors (Lipinski definition) is 3. The number of rotatable bonds is 6. The quantitative estimate of drug-likeness (QED) is 0.801. The fraction of sp³-hybridized carbons (Fsp3) is 0.391. The smallest absolute Gasteiger partial charge is 0.238 e. The Labute approximate surface area is 167 Å². The van der Waals surface area contributed by atoms with Crippen LogP contribution in [0.4, 0.5) is 11.4 Å². The summed E-state index contributed by atoms with van der Waals surface area (Å²) in [5, 5.41) is 5.95. The molecule has 1 saturated heterocycles. The largest absolute Gasteiger partial charge is 0.326 e. The number of carbonyl (C=O) groups is 2. The number of anilines is 2. The molecule has 0 saturated carbocycles. The molecule has 2 N–H and O–H groups in total. The first-order valence-electron chi connectivity index (χ1n) is 10.0. The van der Waals surface area contributed by atoms with Crippen LogP contribution in [0, 0.1) is 12.8 Å². The van der Waals surface area contributed by atoms with Gasteiger partial charge in [-0.25, -0.2) is 0 Å². The molecule has 2 aromatic carbocycles. The minimum absolute atomic E-state index is 0.00209. The van der Waals surface area contributed by atoms with E-state index in [4.69, 9.17) is 0 Å². The van der Waals surface area contributed by atoms with Crippen LogP contribution in [-0.2, 0) is 16.0 Å². The van der Waals surface area contributed by atoms with Crippen molar-refractivity contribution in [1.82, 2.24) is 4.90 Å². The van der Waals surface area contributed by atoms with E-state index in [1.54, 1.807) is 0 Å². The van der Waals surface area contributed by atoms with Gasteiger partial charge in [0.2, 0.25) is 11.8 Å². The molecule has 1 heterocycles. The van der Waals surface area contributed by atoms with Gasteiger partial charge in [0.05, 0.1) is 6.54 Å². The van der Waals surface area contributed by atoms with Gasteiger partial charge in [0.25, 0.3) is 0 Å². The molecule has 28 heavy (non-hydrogen) atoms. The lowest BCUT2D eigenvalue weighted by Gasteiger charge is -2.30. The highest BCUT2D eigenvalue weighted by atomic mass is 16.2. The van der Waals surface area contributed by atoms with Crippen molar-refractivity contribution in [1.29, 1.82) is 0 Å². The zero-order valence-electron chi connectivity index (χ0n) is 16.7. The number of nitrogens with zero attached hydrogens (tertiary/aromatic N) is 1. The molecular formula is C23H29N3O2. The molecule has 5 nitrogen and oxygen atoms in total. The van der Waals surface area contributed by atoms with Crippen molar-refractivity contribution < 1.29 is 9.59 Å². The van der Waals surface area contributed by atoms with Crippen molar-refractivity contribution >= 4 is 23.2 Å². The molecule has 1 aliphatic rings. The van der Waals surface area contributed by atoms with Gasteiger partial charge in [0, 0.05) is 17.3 Å². The molecule has 0 unspecified atom stereocenters. The van der Waals surface area contributed by atoms with Crippen molar-refractivity contribution in [2.75, 3.05) is 30.3 Å². The Kier molecular flexibility index (Phi) is 6.82. The van der Waals surface area contributed by atoms with Crippen LogP contribution in [-0.4, -0.2) is 36.3 Å². The van der Waals surface area contributed by atoms with Crippen LogP contribution in [0.25, 0.3) is 0 Å². The summed E-state index contributed by atoms with van der Waals surface area (Å²) in [6.07, 6.45) is 2.54. The van der Waals surface area contributed by atoms with Gasteiger partial charge in [-0.15, -0.1) is 0 Å². The van der Waals surface area contributed by atoms with Gasteiger partial charge in [-0.3, -0.25) is 14.5 Å². The van der Waals surface area contributed by atoms with E-state index in [1.165, 1.54) is 11.1 Å². The van der Waals surface area contributed by atoms with Crippen molar-refractivity contribution in [3.8, 4) is 0 Å². The van der Waals surface area contributed by atoms with E-state index in [2.05, 4.69) is 22.5 Å². The Hall–Kier alpha value is -2.66. The Bertz CT molecular complexity index is 792. The number of aryl methyl sites for hydroxylation is 2. The second-order valence-corrected chi connectivity index (χ2v) is 7.50. The molecule has 5 heteroatoms. The maximum atomic E-state index is 12.5. The highest BCUT2D eigenvalue weighted by Gasteiger charge is 2.26. The molecule has 1 aliphatic heterocycles. The second-order valence-electron chi connectivity index (χ2n) is 7.50. The highest BCUT2D eigenvalue weighted by Crippen LogP contribution is 2.20. The summed E-state index contributed by atoms with van der Waals surface area (Å²) in [4.78, 5) is 26.9. The Morgan fingerprint density at radius 3 is 2.11 bits per heavy atom. The summed E-state index contributed by atoms with van der Waals surface area (Å²) < 4.78 is 0. The topological polar surface area (TPSA) is 61.4 Å². The van der Waals surface area contributed by atoms with Gasteiger partial charge in [-0.1, -0.05) is 36.8 Å². The lowest BCUT2D eigenvalue weighted by Crippen LogP contribution is -2.41. The predicted octanol–water partition coefficient (Wildman–Crippen LogP) is 3.85. The van der Waals surface area contributed by atoms with Crippen LogP contribution in [0.5, 0.6) is 0 Å². The van der Waals surface area contributed by atoms with Crippen LogP contribution >= 0.6 is 0 Å². The van der Waals surface area contributed by atoms with Crippen LogP contribution in [0.15, 0.2) is 48.5 Å². The Morgan fingerprint density at radius 2 is 1.50 bits per heavy atom. The summed E-state index contributed by atoms with van der Waals surface area (Å²) in [7, 11) is 0. The molecule has 0 bridgehead atoms. The third-order valence-electron chi connectivity index (χ3n) is 5.29. The van der Waals surface area contributed by atoms with Crippen LogP contribution in [0.3, 0.4) is 0 Å². The molecule has 1 fully saturated rings. The maximum absolute atomic E-state index is 12.5. The summed E-state index contributed by atoms with van der Waals surface area (Å²) in [6, 6.07) is 15.8. The standard InChI is InChI=1S/C23H29N3O2/c1-3-18-6-10-21(11-7-18)25-23(28)19-12-14-26(15-13-19)16-22(27)24-20-8-4-17(2)5-9-20/h4-11,19H,3,12-16H2,1-2H3,(H,24,27)(H,25,28). The first-order valence-corrected chi connectivity index (χ1v) is 10.0. The number of amides is 2. The number of benzene rings is 2. The number of nitrogens with one attached hydrogen (secondary N) is 2. The minimum atomic E-state index is -0.0113. The van der Waals surface area contributed by atoms with Crippen molar-refractivity contribution in [3.63, 3.8) is 0 Å². The molecule has 0 aromatic heterocycles. The van der Waals surface area contributed by atoms with Gasteiger partial charge >= 0.3 is 0 Å². The molecule has 2 amide bonds. The molecule has 148 valence electrons. The van der Waals surface area contributed by atoms with Crippen LogP contribution in [0.2, 0.25) is 0 Å². The zero-order chi connectivity index (χ0) is 19.9. The fourth-order valence-corrected chi connectivity index (χ4v) is 3.46. The molecule has 0 atom stereocenters. The second kappa shape index (κ2) is 9.51. The summed E-state index contributed by atoms with van der Waals surface area (Å²) in [6.45, 7) is 6.01. The zero-order valence-corrected chi connectivity index (χ0v) is 16.7. The first-order chi connectivity index (χ1) is 13.5. The van der Waals surface area contributed by atoms with Gasteiger partial charge in [0.15, 0.2) is 0 Å². The molecule has 0 radical (unpaired) electrons. The maximum Gasteiger partial charge on any atom is 0.238 e. The SMILES string of the molecule is CCc1ccc(NC(=O)C2CCN(CC(=O)Nc3ccc(C)cc3)CC2)cc1. The monoisotopic (exact) mass is 379 g/mol. The van der Waals surface area contributed by atoms with Crippen molar-refractivity contribution in [2.24, 2.45) is 5.92 Å². The number of likely N-dealkylation sites (tertiary alicyclic amines) is 1. The third-order valence-corrected chi connectivity index (χ3v) is 5.29. The van der Waals surface area contributed by atoms with Crippen LogP contribution in [0.1, 0.15) is 30.9 Å². The Balaban J connectivity index is 1.42. The number of piperidine rings is 1. The summed E-state index contributed by atoms with van der Waals surface area (Å²) >= 11 is 0. The number of carbonyl (C=O) groups excluding carboxylic acids is 2. The summed E-state index contributed by atoms with van der Waals surface area (Å²) in [5.74, 6) is 0.0676. The number of hydrogen-bond donors (Lipinski definition) is 2. The van der Waals surface area contributed by atoms with Gasteiger partial charge in [-0.2, -0.15) is 0 Å². The van der Waals surface area contributed by atoms with E-state index < -0.39 is 0 Å². The Morgan fingerprint density at radius 1 is 0.929 bits per heavy atom. The van der Waals surface area contributed by atoms with E-state index in [0.29, 0.717) is 6.54 Å². The lowest BCUT2D eigenvalue weighted by atomic mass is 9.95. The normalized spacial score (nSPS) is 15.2. The minimum Gasteiger partial charge on any atom is -0.326 e. The average Bonchev–Trinajstić information content (AvgIpc) is 2.71. The lowest BCUT2D eigenvalue weighted by molar-refractivity contribution is -0.121. The molecular weight excluding hydrogens is 350 g/mol. The van der Waals surface area contributed by atoms with E-state index in [0.717, 1.165) is 43.7 Å². The van der Waals surface area contributed by atoms with E-state index in [1.807, 2.05) is 55.5 Å². The van der Waals surface area contributed by atoms with Gasteiger partial charge in [0.1, 0.15) is 0 Å². The van der Waals surface area contributed by atoms with E-state index in [9.17, 15) is 9.59 Å². The average molecular weight is 380 g/mol. The molecule has 2 aromatic rings. The molecule has 0 aliphatic carbocycles. The van der Waals surface area contributed by atoms with E-state index >= 15 is 0 Å². The molecule has 3 rings (SSSR count). The van der Waals surface area contributed by atoms with Gasteiger partial charge in [-0.05, 0) is 69.1 Å². The van der Waals surface area contributed by atoms with Crippen molar-refractivity contribution in [2.45, 2.75) is 33.1 Å². The predicted molar refractivity (Wildman–Crippen MR) is 113 cm³/mol. The van der Waals surface area contributed by atoms with Crippen molar-refractivity contribution in [3.05, 3.63) is 59.7 Å². The highest BCUT2D eigenvalue weighted by molar-refractivity contribution is 5.93. The third kappa shape index (κ3) is 5.67. The van der Waals surface area contributed by atoms with E-state index in [-0.39, 0.29) is 17.7 Å². The first kappa shape index (κ1) is 20.1. The summed E-state index contributed by atoms with van der Waals surface area (Å²) in [5.41, 5.74) is 4.09. The van der Waals surface area contributed by atoms with Gasteiger partial charge < -0.3 is 10.6 Å². The fourth-order valence-electron chi connectivity index (χ4n) is 3.46. The van der Waals surface area contributed by atoms with Crippen LogP contribution < -0.4 is 10.6 Å². The molecule has 0 spiro atoms.